The maximum absolute atomic E-state index is 12.2. The van der Waals surface area contributed by atoms with Gasteiger partial charge in [-0.1, -0.05) is 77.0 Å². The Kier molecular flexibility index (Phi) is 13.9. The van der Waals surface area contributed by atoms with Crippen LogP contribution in [0.15, 0.2) is 35.2 Å². The molecule has 0 spiro atoms. The minimum Gasteiger partial charge on any atom is -0.263 e. The van der Waals surface area contributed by atoms with Crippen LogP contribution in [0.25, 0.3) is 0 Å². The van der Waals surface area contributed by atoms with Crippen molar-refractivity contribution in [3.8, 4) is 0 Å². The Hall–Kier alpha value is 0.390. The zero-order chi connectivity index (χ0) is 16.3. The van der Waals surface area contributed by atoms with Gasteiger partial charge in [-0.2, -0.15) is 8.42 Å². The third kappa shape index (κ3) is 10.1. The summed E-state index contributed by atoms with van der Waals surface area (Å²) in [5.74, 6) is 0. The Labute approximate surface area is 172 Å². The fraction of sp³-hybridized carbons (Fsp3) is 0.667. The molecule has 0 aromatic heterocycles. The van der Waals surface area contributed by atoms with E-state index in [4.69, 9.17) is 4.18 Å². The van der Waals surface area contributed by atoms with Crippen LogP contribution >= 0.6 is 0 Å². The summed E-state index contributed by atoms with van der Waals surface area (Å²) in [7, 11) is -3.63. The molecular formula is C18H30CaO3S. The van der Waals surface area contributed by atoms with Crippen molar-refractivity contribution in [2.75, 3.05) is 0 Å². The molecule has 23 heavy (non-hydrogen) atoms. The van der Waals surface area contributed by atoms with E-state index in [9.17, 15) is 8.42 Å². The summed E-state index contributed by atoms with van der Waals surface area (Å²) in [4.78, 5) is 0.244. The van der Waals surface area contributed by atoms with E-state index in [1.165, 1.54) is 32.1 Å². The fourth-order valence-corrected chi connectivity index (χ4v) is 3.66. The monoisotopic (exact) mass is 366 g/mol. The molecule has 0 bridgehead atoms. The van der Waals surface area contributed by atoms with Gasteiger partial charge in [-0.15, -0.1) is 0 Å². The molecule has 0 saturated carbocycles. The molecule has 128 valence electrons. The van der Waals surface area contributed by atoms with Crippen LogP contribution in [0.4, 0.5) is 0 Å². The van der Waals surface area contributed by atoms with Gasteiger partial charge in [-0.05, 0) is 25.0 Å². The van der Waals surface area contributed by atoms with Gasteiger partial charge in [0.15, 0.2) is 0 Å². The van der Waals surface area contributed by atoms with E-state index < -0.39 is 10.1 Å². The van der Waals surface area contributed by atoms with Crippen molar-refractivity contribution in [3.05, 3.63) is 30.3 Å². The average molecular weight is 367 g/mol. The smallest absolute Gasteiger partial charge is 0.263 e. The molecule has 1 rings (SSSR count). The van der Waals surface area contributed by atoms with Crippen LogP contribution < -0.4 is 0 Å². The normalized spacial score (nSPS) is 12.6. The number of rotatable bonds is 12. The minimum atomic E-state index is -3.63. The average Bonchev–Trinajstić information content (AvgIpc) is 2.53. The first-order chi connectivity index (χ1) is 10.6. The van der Waals surface area contributed by atoms with Crippen LogP contribution in [-0.4, -0.2) is 52.3 Å². The van der Waals surface area contributed by atoms with E-state index >= 15 is 0 Å². The SMILES string of the molecule is CCCCCCCCCC(CC)OS(=O)(=O)c1ccccc1.[Ca]. The van der Waals surface area contributed by atoms with Gasteiger partial charge >= 0.3 is 0 Å². The largest absolute Gasteiger partial charge is 0.297 e. The Morgan fingerprint density at radius 1 is 0.913 bits per heavy atom. The van der Waals surface area contributed by atoms with Crippen molar-refractivity contribution in [2.24, 2.45) is 0 Å². The third-order valence-electron chi connectivity index (χ3n) is 3.88. The molecule has 0 N–H and O–H groups in total. The molecule has 0 amide bonds. The molecular weight excluding hydrogens is 336 g/mol. The first-order valence-corrected chi connectivity index (χ1v) is 9.99. The van der Waals surface area contributed by atoms with E-state index in [2.05, 4.69) is 6.92 Å². The molecule has 0 aliphatic heterocycles. The minimum absolute atomic E-state index is 0. The maximum atomic E-state index is 12.2. The van der Waals surface area contributed by atoms with Gasteiger partial charge in [0.2, 0.25) is 0 Å². The van der Waals surface area contributed by atoms with E-state index in [-0.39, 0.29) is 48.7 Å². The predicted molar refractivity (Wildman–Crippen MR) is 97.2 cm³/mol. The van der Waals surface area contributed by atoms with Crippen LogP contribution in [0, 0.1) is 0 Å². The van der Waals surface area contributed by atoms with Crippen molar-refractivity contribution in [1.82, 2.24) is 0 Å². The summed E-state index contributed by atoms with van der Waals surface area (Å²) in [6, 6.07) is 8.39. The molecule has 0 aliphatic rings. The third-order valence-corrected chi connectivity index (χ3v) is 5.25. The quantitative estimate of drug-likeness (QED) is 0.299. The van der Waals surface area contributed by atoms with Gasteiger partial charge in [0.1, 0.15) is 0 Å². The van der Waals surface area contributed by atoms with Crippen molar-refractivity contribution in [3.63, 3.8) is 0 Å². The summed E-state index contributed by atoms with van der Waals surface area (Å²) >= 11 is 0. The van der Waals surface area contributed by atoms with Crippen molar-refractivity contribution in [2.45, 2.75) is 82.6 Å². The molecule has 1 unspecified atom stereocenters. The van der Waals surface area contributed by atoms with Crippen molar-refractivity contribution < 1.29 is 12.6 Å². The second-order valence-electron chi connectivity index (χ2n) is 5.80. The fourth-order valence-electron chi connectivity index (χ4n) is 2.47. The van der Waals surface area contributed by atoms with Crippen LogP contribution in [-0.2, 0) is 14.3 Å². The Balaban J connectivity index is 0.00000484. The van der Waals surface area contributed by atoms with Gasteiger partial charge in [0.05, 0.1) is 11.0 Å². The van der Waals surface area contributed by atoms with Crippen LogP contribution in [0.2, 0.25) is 0 Å². The molecule has 2 radical (unpaired) electrons. The molecule has 0 heterocycles. The standard InChI is InChI=1S/C18H30O3S.Ca/c1-3-5-6-7-8-9-11-14-17(4-2)21-22(19,20)18-15-12-10-13-16-18;/h10,12-13,15-17H,3-9,11,14H2,1-2H3;. The summed E-state index contributed by atoms with van der Waals surface area (Å²) < 4.78 is 29.8. The van der Waals surface area contributed by atoms with E-state index in [1.807, 2.05) is 6.92 Å². The molecule has 1 aromatic carbocycles. The van der Waals surface area contributed by atoms with Crippen LogP contribution in [0.1, 0.15) is 71.6 Å². The summed E-state index contributed by atoms with van der Waals surface area (Å²) in [5, 5.41) is 0. The number of benzene rings is 1. The molecule has 0 aliphatic carbocycles. The molecule has 3 nitrogen and oxygen atoms in total. The second-order valence-corrected chi connectivity index (χ2v) is 7.38. The topological polar surface area (TPSA) is 43.4 Å². The Morgan fingerprint density at radius 2 is 1.48 bits per heavy atom. The Morgan fingerprint density at radius 3 is 2.04 bits per heavy atom. The van der Waals surface area contributed by atoms with Crippen LogP contribution in [0.5, 0.6) is 0 Å². The van der Waals surface area contributed by atoms with Crippen LogP contribution in [0.3, 0.4) is 0 Å². The van der Waals surface area contributed by atoms with E-state index in [0.29, 0.717) is 0 Å². The zero-order valence-electron chi connectivity index (χ0n) is 14.7. The molecule has 0 saturated heterocycles. The van der Waals surface area contributed by atoms with Gasteiger partial charge in [0.25, 0.3) is 10.1 Å². The molecule has 1 aromatic rings. The Bertz CT molecular complexity index is 488. The first kappa shape index (κ1) is 23.4. The van der Waals surface area contributed by atoms with Crippen molar-refractivity contribution in [1.29, 1.82) is 0 Å². The molecule has 5 heteroatoms. The van der Waals surface area contributed by atoms with Gasteiger partial charge in [-0.3, -0.25) is 4.18 Å². The number of unbranched alkanes of at least 4 members (excludes halogenated alkanes) is 6. The van der Waals surface area contributed by atoms with Gasteiger partial charge < -0.3 is 0 Å². The van der Waals surface area contributed by atoms with Gasteiger partial charge in [-0.25, -0.2) is 0 Å². The summed E-state index contributed by atoms with van der Waals surface area (Å²) in [6.07, 6.45) is 9.95. The summed E-state index contributed by atoms with van der Waals surface area (Å²) in [6.45, 7) is 4.20. The summed E-state index contributed by atoms with van der Waals surface area (Å²) in [5.41, 5.74) is 0. The second kappa shape index (κ2) is 13.7. The maximum Gasteiger partial charge on any atom is 0.297 e. The van der Waals surface area contributed by atoms with E-state index in [0.717, 1.165) is 25.7 Å². The molecule has 1 atom stereocenters. The number of hydrogen-bond acceptors (Lipinski definition) is 3. The molecule has 0 fully saturated rings. The van der Waals surface area contributed by atoms with Gasteiger partial charge in [0, 0.05) is 37.7 Å². The number of hydrogen-bond donors (Lipinski definition) is 0. The zero-order valence-corrected chi connectivity index (χ0v) is 17.7. The first-order valence-electron chi connectivity index (χ1n) is 8.58. The predicted octanol–water partition coefficient (Wildman–Crippen LogP) is 4.93. The van der Waals surface area contributed by atoms with E-state index in [1.54, 1.807) is 30.3 Å². The van der Waals surface area contributed by atoms with Crippen molar-refractivity contribution >= 4 is 47.9 Å².